The molecule has 0 aromatic carbocycles. The van der Waals surface area contributed by atoms with E-state index in [1.807, 2.05) is 0 Å². The van der Waals surface area contributed by atoms with Gasteiger partial charge in [0.1, 0.15) is 91.5 Å². The summed E-state index contributed by atoms with van der Waals surface area (Å²) in [6.45, 7) is -1.50. The first-order valence-electron chi connectivity index (χ1n) is 14.9. The normalized spacial score (nSPS) is 43.9. The maximum absolute atomic E-state index is 12.0. The van der Waals surface area contributed by atoms with Crippen LogP contribution in [0.2, 0.25) is 0 Å². The van der Waals surface area contributed by atoms with Gasteiger partial charge in [-0.3, -0.25) is 4.79 Å². The van der Waals surface area contributed by atoms with Crippen molar-refractivity contribution in [1.29, 1.82) is 0 Å². The van der Waals surface area contributed by atoms with Crippen molar-refractivity contribution in [2.75, 3.05) is 26.4 Å². The van der Waals surface area contributed by atoms with E-state index in [-0.39, 0.29) is 0 Å². The molecule has 3 heterocycles. The third-order valence-corrected chi connectivity index (χ3v) is 8.22. The van der Waals surface area contributed by atoms with Crippen LogP contribution in [0.4, 0.5) is 0 Å². The highest BCUT2D eigenvalue weighted by Crippen LogP contribution is 2.34. The SMILES string of the molecule is CC(=O)N[C@H]1[C@@H](O[C@H]2[C@@H](O)[C@@H](CO)O[C@@H](O[C@@H]([C@H](O)[C@@H](O)CO)[C@H](O)CO)[C@@H]2O[C@@H]2O[C@@H](C)[C@@H](O)[C@@H](O)[C@@H]2O)O[C@H](CO)[C@H](O)[C@@H]1O. The molecule has 21 nitrogen and oxygen atoms in total. The Morgan fingerprint density at radius 1 is 0.681 bits per heavy atom. The van der Waals surface area contributed by atoms with E-state index in [9.17, 15) is 71.2 Å². The molecule has 276 valence electrons. The van der Waals surface area contributed by atoms with Crippen molar-refractivity contribution in [2.45, 2.75) is 130 Å². The van der Waals surface area contributed by atoms with Crippen LogP contribution in [0.1, 0.15) is 13.8 Å². The summed E-state index contributed by atoms with van der Waals surface area (Å²) < 4.78 is 34.2. The molecular weight excluding hydrogens is 646 g/mol. The number of hydrogen-bond acceptors (Lipinski definition) is 20. The Balaban J connectivity index is 2.08. The summed E-state index contributed by atoms with van der Waals surface area (Å²) in [5, 5.41) is 136. The third-order valence-electron chi connectivity index (χ3n) is 8.22. The zero-order chi connectivity index (χ0) is 35.3. The van der Waals surface area contributed by atoms with Crippen LogP contribution in [0.5, 0.6) is 0 Å². The molecule has 0 aliphatic carbocycles. The zero-order valence-electron chi connectivity index (χ0n) is 25.5. The Morgan fingerprint density at radius 2 is 1.23 bits per heavy atom. The van der Waals surface area contributed by atoms with Crippen LogP contribution >= 0.6 is 0 Å². The lowest BCUT2D eigenvalue weighted by Gasteiger charge is -2.50. The number of ether oxygens (including phenoxy) is 6. The van der Waals surface area contributed by atoms with Gasteiger partial charge in [-0.2, -0.15) is 0 Å². The number of amides is 1. The van der Waals surface area contributed by atoms with Crippen LogP contribution in [0, 0.1) is 0 Å². The highest BCUT2D eigenvalue weighted by atomic mass is 16.8. The molecule has 21 heteroatoms. The van der Waals surface area contributed by atoms with Gasteiger partial charge in [0.15, 0.2) is 18.9 Å². The highest BCUT2D eigenvalue weighted by Gasteiger charge is 2.55. The third kappa shape index (κ3) is 9.09. The lowest BCUT2D eigenvalue weighted by atomic mass is 9.95. The van der Waals surface area contributed by atoms with Gasteiger partial charge in [0.2, 0.25) is 5.91 Å². The molecule has 1 amide bonds. The Hall–Kier alpha value is -1.29. The number of carbonyl (C=O) groups is 1. The lowest BCUT2D eigenvalue weighted by Crippen LogP contribution is -2.69. The van der Waals surface area contributed by atoms with Gasteiger partial charge in [-0.1, -0.05) is 0 Å². The summed E-state index contributed by atoms with van der Waals surface area (Å²) in [4.78, 5) is 12.0. The van der Waals surface area contributed by atoms with Crippen molar-refractivity contribution in [3.63, 3.8) is 0 Å². The van der Waals surface area contributed by atoms with Gasteiger partial charge in [0.25, 0.3) is 0 Å². The maximum Gasteiger partial charge on any atom is 0.217 e. The molecule has 0 aromatic rings. The molecule has 0 spiro atoms. The first-order valence-corrected chi connectivity index (χ1v) is 14.9. The molecule has 3 aliphatic rings. The van der Waals surface area contributed by atoms with Gasteiger partial charge in [-0.25, -0.2) is 0 Å². The summed E-state index contributed by atoms with van der Waals surface area (Å²) in [7, 11) is 0. The summed E-state index contributed by atoms with van der Waals surface area (Å²) in [6, 6.07) is -1.56. The van der Waals surface area contributed by atoms with Crippen molar-refractivity contribution in [2.24, 2.45) is 0 Å². The van der Waals surface area contributed by atoms with Gasteiger partial charge in [-0.05, 0) is 6.92 Å². The predicted octanol–water partition coefficient (Wildman–Crippen LogP) is -8.94. The zero-order valence-corrected chi connectivity index (χ0v) is 25.5. The highest BCUT2D eigenvalue weighted by molar-refractivity contribution is 5.73. The smallest absolute Gasteiger partial charge is 0.217 e. The fourth-order valence-electron chi connectivity index (χ4n) is 5.46. The van der Waals surface area contributed by atoms with E-state index in [1.54, 1.807) is 0 Å². The van der Waals surface area contributed by atoms with Crippen LogP contribution < -0.4 is 5.32 Å². The van der Waals surface area contributed by atoms with Crippen molar-refractivity contribution < 1.29 is 99.6 Å². The van der Waals surface area contributed by atoms with E-state index >= 15 is 0 Å². The quantitative estimate of drug-likeness (QED) is 0.0803. The van der Waals surface area contributed by atoms with Gasteiger partial charge in [0.05, 0.1) is 32.5 Å². The van der Waals surface area contributed by atoms with E-state index < -0.39 is 149 Å². The minimum atomic E-state index is -2.11. The van der Waals surface area contributed by atoms with Crippen molar-refractivity contribution in [3.8, 4) is 0 Å². The molecule has 3 fully saturated rings. The number of rotatable bonds is 14. The molecular formula is C26H47NO20. The van der Waals surface area contributed by atoms with Crippen LogP contribution in [0.3, 0.4) is 0 Å². The Kier molecular flexibility index (Phi) is 15.0. The molecule has 14 N–H and O–H groups in total. The first-order chi connectivity index (χ1) is 22.1. The van der Waals surface area contributed by atoms with Gasteiger partial charge >= 0.3 is 0 Å². The number of aliphatic hydroxyl groups is 13. The predicted molar refractivity (Wildman–Crippen MR) is 146 cm³/mol. The molecule has 0 unspecified atom stereocenters. The molecule has 47 heavy (non-hydrogen) atoms. The number of hydrogen-bond donors (Lipinski definition) is 14. The van der Waals surface area contributed by atoms with Crippen LogP contribution in [-0.2, 0) is 33.2 Å². The molecule has 3 rings (SSSR count). The summed E-state index contributed by atoms with van der Waals surface area (Å²) in [6.07, 6.45) is -32.6. The number of nitrogens with one attached hydrogen (secondary N) is 1. The van der Waals surface area contributed by atoms with Gasteiger partial charge < -0.3 is 100 Å². The standard InChI is InChI=1S/C26H47NO20/c1-7-14(35)19(40)20(41)25(42-7)47-23-22(46-24-13(27-8(2)32)18(39)16(37)11(5-30)43-24)17(38)12(6-31)44-26(23)45-21(10(34)4-29)15(36)9(33)3-28/h7,9-26,28-31,33-41H,3-6H2,1-2H3,(H,27,32)/t7-,9-,10+,11+,12+,13+,14+,15+,16-,17-,18+,19+,20-,21+,22-,23+,24+,25-,26-/m0/s1. The largest absolute Gasteiger partial charge is 0.394 e. The van der Waals surface area contributed by atoms with Gasteiger partial charge in [0, 0.05) is 6.92 Å². The van der Waals surface area contributed by atoms with Crippen LogP contribution in [0.25, 0.3) is 0 Å². The van der Waals surface area contributed by atoms with E-state index in [1.165, 1.54) is 6.92 Å². The Labute approximate surface area is 268 Å². The average Bonchev–Trinajstić information content (AvgIpc) is 3.05. The van der Waals surface area contributed by atoms with Crippen molar-refractivity contribution >= 4 is 5.91 Å². The fourth-order valence-corrected chi connectivity index (χ4v) is 5.46. The van der Waals surface area contributed by atoms with E-state index in [4.69, 9.17) is 28.4 Å². The molecule has 0 aromatic heterocycles. The van der Waals surface area contributed by atoms with Crippen molar-refractivity contribution in [1.82, 2.24) is 5.32 Å². The van der Waals surface area contributed by atoms with Crippen LogP contribution in [0.15, 0.2) is 0 Å². The second kappa shape index (κ2) is 17.6. The molecule has 3 aliphatic heterocycles. The molecule has 3 saturated heterocycles. The first kappa shape index (κ1) is 40.1. The second-order valence-corrected chi connectivity index (χ2v) is 11.6. The number of aliphatic hydroxyl groups excluding tert-OH is 13. The lowest BCUT2D eigenvalue weighted by molar-refractivity contribution is -0.393. The monoisotopic (exact) mass is 693 g/mol. The average molecular weight is 694 g/mol. The van der Waals surface area contributed by atoms with E-state index in [2.05, 4.69) is 5.32 Å². The van der Waals surface area contributed by atoms with E-state index in [0.29, 0.717) is 0 Å². The summed E-state index contributed by atoms with van der Waals surface area (Å²) in [5.74, 6) is -0.729. The number of carbonyl (C=O) groups excluding carboxylic acids is 1. The minimum Gasteiger partial charge on any atom is -0.394 e. The van der Waals surface area contributed by atoms with Crippen molar-refractivity contribution in [3.05, 3.63) is 0 Å². The Morgan fingerprint density at radius 3 is 1.79 bits per heavy atom. The minimum absolute atomic E-state index is 0.729. The molecule has 0 saturated carbocycles. The molecule has 0 radical (unpaired) electrons. The Bertz CT molecular complexity index is 967. The molecule has 19 atom stereocenters. The topological polar surface area (TPSA) is 347 Å². The summed E-state index contributed by atoms with van der Waals surface area (Å²) >= 11 is 0. The molecule has 0 bridgehead atoms. The van der Waals surface area contributed by atoms with E-state index in [0.717, 1.165) is 6.92 Å². The van der Waals surface area contributed by atoms with Crippen LogP contribution in [-0.4, -0.2) is 215 Å². The van der Waals surface area contributed by atoms with Gasteiger partial charge in [-0.15, -0.1) is 0 Å². The second-order valence-electron chi connectivity index (χ2n) is 11.6. The maximum atomic E-state index is 12.0. The summed E-state index contributed by atoms with van der Waals surface area (Å²) in [5.41, 5.74) is 0. The fraction of sp³-hybridized carbons (Fsp3) is 0.962.